The van der Waals surface area contributed by atoms with E-state index < -0.39 is 23.6 Å². The van der Waals surface area contributed by atoms with Crippen molar-refractivity contribution >= 4 is 23.7 Å². The first-order valence-electron chi connectivity index (χ1n) is 9.43. The van der Waals surface area contributed by atoms with Gasteiger partial charge in [-0.15, -0.1) is 0 Å². The molecule has 0 saturated carbocycles. The van der Waals surface area contributed by atoms with Gasteiger partial charge >= 0.3 is 18.0 Å². The number of hydrogen-bond acceptors (Lipinski definition) is 6. The summed E-state index contributed by atoms with van der Waals surface area (Å²) in [6, 6.07) is 2.88. The number of aromatic carboxylic acids is 2. The van der Waals surface area contributed by atoms with Gasteiger partial charge in [0.05, 0.1) is 11.7 Å². The van der Waals surface area contributed by atoms with Crippen LogP contribution in [0.15, 0.2) is 12.1 Å². The van der Waals surface area contributed by atoms with Crippen LogP contribution in [0, 0.1) is 0 Å². The third-order valence-corrected chi connectivity index (χ3v) is 4.19. The van der Waals surface area contributed by atoms with Crippen LogP contribution in [0.2, 0.25) is 0 Å². The van der Waals surface area contributed by atoms with Crippen molar-refractivity contribution in [2.75, 3.05) is 31.1 Å². The highest BCUT2D eigenvalue weighted by Gasteiger charge is 2.29. The fraction of sp³-hybridized carbons (Fsp3) is 0.550. The number of ether oxygens (including phenoxy) is 2. The van der Waals surface area contributed by atoms with E-state index in [-0.39, 0.29) is 23.0 Å². The lowest BCUT2D eigenvalue weighted by atomic mass is 10.0. The standard InChI is InChI=1S/C20H28N2O7/c1-12(2)28-15-11-13(10-14(17(23)24)16(15)18(25)26)21-6-8-22(9-7-21)19(27)29-20(3,4)5/h10-12H,6-9H2,1-5H3,(H,23,24)(H,25,26). The molecule has 1 aliphatic rings. The summed E-state index contributed by atoms with van der Waals surface area (Å²) in [5.74, 6) is -2.69. The highest BCUT2D eigenvalue weighted by atomic mass is 16.6. The van der Waals surface area contributed by atoms with Crippen molar-refractivity contribution in [1.29, 1.82) is 0 Å². The van der Waals surface area contributed by atoms with E-state index in [0.29, 0.717) is 31.9 Å². The smallest absolute Gasteiger partial charge is 0.410 e. The maximum absolute atomic E-state index is 12.2. The number of nitrogens with zero attached hydrogens (tertiary/aromatic N) is 2. The normalized spacial score (nSPS) is 14.7. The van der Waals surface area contributed by atoms with E-state index >= 15 is 0 Å². The van der Waals surface area contributed by atoms with Crippen molar-refractivity contribution in [3.05, 3.63) is 23.3 Å². The van der Waals surface area contributed by atoms with E-state index in [1.807, 2.05) is 4.90 Å². The number of amides is 1. The highest BCUT2D eigenvalue weighted by molar-refractivity contribution is 6.04. The Morgan fingerprint density at radius 1 is 1.00 bits per heavy atom. The Morgan fingerprint density at radius 2 is 1.59 bits per heavy atom. The molecule has 1 fully saturated rings. The molecule has 0 unspecified atom stereocenters. The maximum atomic E-state index is 12.2. The molecular formula is C20H28N2O7. The SMILES string of the molecule is CC(C)Oc1cc(N2CCN(C(=O)OC(C)(C)C)CC2)cc(C(=O)O)c1C(=O)O. The summed E-state index contributed by atoms with van der Waals surface area (Å²) in [4.78, 5) is 39.0. The van der Waals surface area contributed by atoms with Crippen molar-refractivity contribution < 1.29 is 34.1 Å². The number of hydrogen-bond donors (Lipinski definition) is 2. The fourth-order valence-electron chi connectivity index (χ4n) is 2.99. The minimum absolute atomic E-state index is 0.0111. The Balaban J connectivity index is 2.27. The number of carboxylic acids is 2. The first-order valence-corrected chi connectivity index (χ1v) is 9.43. The first-order chi connectivity index (χ1) is 13.4. The maximum Gasteiger partial charge on any atom is 0.410 e. The molecule has 1 saturated heterocycles. The van der Waals surface area contributed by atoms with Crippen LogP contribution in [0.5, 0.6) is 5.75 Å². The lowest BCUT2D eigenvalue weighted by Gasteiger charge is -2.37. The molecule has 29 heavy (non-hydrogen) atoms. The monoisotopic (exact) mass is 408 g/mol. The van der Waals surface area contributed by atoms with Crippen molar-refractivity contribution in [1.82, 2.24) is 4.90 Å². The molecule has 1 aliphatic heterocycles. The van der Waals surface area contributed by atoms with Gasteiger partial charge in [0, 0.05) is 37.9 Å². The van der Waals surface area contributed by atoms with E-state index in [1.54, 1.807) is 45.6 Å². The summed E-state index contributed by atoms with van der Waals surface area (Å²) in [5, 5.41) is 19.0. The van der Waals surface area contributed by atoms with Gasteiger partial charge in [0.1, 0.15) is 16.9 Å². The van der Waals surface area contributed by atoms with E-state index in [0.717, 1.165) is 0 Å². The molecule has 0 atom stereocenters. The van der Waals surface area contributed by atoms with Crippen molar-refractivity contribution in [3.63, 3.8) is 0 Å². The number of anilines is 1. The molecule has 2 N–H and O–H groups in total. The summed E-state index contributed by atoms with van der Waals surface area (Å²) in [7, 11) is 0. The van der Waals surface area contributed by atoms with Crippen LogP contribution in [0.3, 0.4) is 0 Å². The Morgan fingerprint density at radius 3 is 2.03 bits per heavy atom. The number of benzene rings is 1. The van der Waals surface area contributed by atoms with Gasteiger partial charge in [-0.25, -0.2) is 14.4 Å². The quantitative estimate of drug-likeness (QED) is 0.764. The average Bonchev–Trinajstić information content (AvgIpc) is 2.58. The number of carbonyl (C=O) groups excluding carboxylic acids is 1. The van der Waals surface area contributed by atoms with Gasteiger partial charge in [0.15, 0.2) is 0 Å². The summed E-state index contributed by atoms with van der Waals surface area (Å²) in [5.41, 5.74) is -0.755. The zero-order valence-corrected chi connectivity index (χ0v) is 17.4. The van der Waals surface area contributed by atoms with Crippen LogP contribution >= 0.6 is 0 Å². The van der Waals surface area contributed by atoms with Gasteiger partial charge in [-0.2, -0.15) is 0 Å². The second-order valence-corrected chi connectivity index (χ2v) is 8.10. The Labute approximate surface area is 169 Å². The van der Waals surface area contributed by atoms with Crippen molar-refractivity contribution in [2.45, 2.75) is 46.3 Å². The molecule has 0 bridgehead atoms. The van der Waals surface area contributed by atoms with Crippen LogP contribution in [-0.4, -0.2) is 71.0 Å². The van der Waals surface area contributed by atoms with E-state index in [1.165, 1.54) is 6.07 Å². The van der Waals surface area contributed by atoms with Gasteiger partial charge < -0.3 is 29.5 Å². The molecule has 2 rings (SSSR count). The predicted octanol–water partition coefficient (Wildman–Crippen LogP) is 2.93. The second kappa shape index (κ2) is 8.59. The molecule has 9 nitrogen and oxygen atoms in total. The average molecular weight is 408 g/mol. The molecule has 160 valence electrons. The summed E-state index contributed by atoms with van der Waals surface area (Å²) in [6.45, 7) is 10.6. The highest BCUT2D eigenvalue weighted by Crippen LogP contribution is 2.31. The topological polar surface area (TPSA) is 117 Å². The third kappa shape index (κ3) is 5.75. The Bertz CT molecular complexity index is 791. The van der Waals surface area contributed by atoms with Crippen molar-refractivity contribution in [3.8, 4) is 5.75 Å². The van der Waals surface area contributed by atoms with Crippen molar-refractivity contribution in [2.24, 2.45) is 0 Å². The molecule has 1 heterocycles. The minimum atomic E-state index is -1.36. The first kappa shape index (κ1) is 22.3. The molecular weight excluding hydrogens is 380 g/mol. The van der Waals surface area contributed by atoms with Gasteiger partial charge in [-0.1, -0.05) is 0 Å². The van der Waals surface area contributed by atoms with Crippen LogP contribution in [0.4, 0.5) is 10.5 Å². The van der Waals surface area contributed by atoms with Crippen LogP contribution < -0.4 is 9.64 Å². The Hall–Kier alpha value is -2.97. The van der Waals surface area contributed by atoms with E-state index in [4.69, 9.17) is 9.47 Å². The van der Waals surface area contributed by atoms with Gasteiger partial charge in [-0.3, -0.25) is 0 Å². The van der Waals surface area contributed by atoms with Gasteiger partial charge in [-0.05, 0) is 40.7 Å². The Kier molecular flexibility index (Phi) is 6.61. The second-order valence-electron chi connectivity index (χ2n) is 8.10. The molecule has 9 heteroatoms. The zero-order chi connectivity index (χ0) is 21.9. The molecule has 0 aromatic heterocycles. The largest absolute Gasteiger partial charge is 0.490 e. The van der Waals surface area contributed by atoms with E-state index in [9.17, 15) is 24.6 Å². The van der Waals surface area contributed by atoms with Crippen LogP contribution in [0.25, 0.3) is 0 Å². The number of carbonyl (C=O) groups is 3. The molecule has 1 aromatic rings. The number of rotatable bonds is 5. The van der Waals surface area contributed by atoms with Gasteiger partial charge in [0.25, 0.3) is 0 Å². The summed E-state index contributed by atoms with van der Waals surface area (Å²) >= 11 is 0. The third-order valence-electron chi connectivity index (χ3n) is 4.19. The minimum Gasteiger partial charge on any atom is -0.490 e. The molecule has 0 radical (unpaired) electrons. The molecule has 0 spiro atoms. The summed E-state index contributed by atoms with van der Waals surface area (Å²) in [6.07, 6.45) is -0.720. The lowest BCUT2D eigenvalue weighted by Crippen LogP contribution is -2.50. The predicted molar refractivity (Wildman–Crippen MR) is 106 cm³/mol. The van der Waals surface area contributed by atoms with Gasteiger partial charge in [0.2, 0.25) is 0 Å². The molecule has 1 aromatic carbocycles. The molecule has 0 aliphatic carbocycles. The zero-order valence-electron chi connectivity index (χ0n) is 17.4. The summed E-state index contributed by atoms with van der Waals surface area (Å²) < 4.78 is 11.0. The van der Waals surface area contributed by atoms with Crippen LogP contribution in [-0.2, 0) is 4.74 Å². The number of carboxylic acid groups (broad SMARTS) is 2. The van der Waals surface area contributed by atoms with Crippen LogP contribution in [0.1, 0.15) is 55.3 Å². The fourth-order valence-corrected chi connectivity index (χ4v) is 2.99. The number of piperazine rings is 1. The molecule has 1 amide bonds. The lowest BCUT2D eigenvalue weighted by molar-refractivity contribution is 0.0240. The van der Waals surface area contributed by atoms with E-state index in [2.05, 4.69) is 0 Å².